The molecule has 1 N–H and O–H groups in total. The van der Waals surface area contributed by atoms with E-state index in [4.69, 9.17) is 5.11 Å². The quantitative estimate of drug-likeness (QED) is 0.0847. The summed E-state index contributed by atoms with van der Waals surface area (Å²) in [6, 6.07) is 0. The summed E-state index contributed by atoms with van der Waals surface area (Å²) in [5, 5.41) is 13.8. The number of hydrogen-bond acceptors (Lipinski definition) is 12. The fourth-order valence-electron chi connectivity index (χ4n) is 2.06. The number of aliphatic hydroxyl groups is 1. The lowest BCUT2D eigenvalue weighted by Gasteiger charge is -2.04. The van der Waals surface area contributed by atoms with Crippen molar-refractivity contribution in [1.29, 1.82) is 0 Å². The maximum atomic E-state index is 12.0. The highest BCUT2D eigenvalue weighted by Gasteiger charge is 2.04. The van der Waals surface area contributed by atoms with Crippen LogP contribution < -0.4 is 0 Å². The van der Waals surface area contributed by atoms with Crippen LogP contribution >= 0.6 is 94.1 Å². The van der Waals surface area contributed by atoms with E-state index in [-0.39, 0.29) is 6.61 Å². The van der Waals surface area contributed by atoms with Crippen molar-refractivity contribution in [3.8, 4) is 0 Å². The van der Waals surface area contributed by atoms with Crippen LogP contribution in [0.25, 0.3) is 0 Å². The molecule has 0 saturated heterocycles. The first-order valence-electron chi connectivity index (χ1n) is 11.1. The van der Waals surface area contributed by atoms with Gasteiger partial charge in [0, 0.05) is 94.4 Å². The second kappa shape index (κ2) is 30.3. The Labute approximate surface area is 246 Å². The first-order chi connectivity index (χ1) is 16.6. The van der Waals surface area contributed by atoms with Crippen molar-refractivity contribution in [1.82, 2.24) is 0 Å². The summed E-state index contributed by atoms with van der Waals surface area (Å²) in [6.45, 7) is 2.23. The van der Waals surface area contributed by atoms with E-state index in [1.54, 1.807) is 11.8 Å². The van der Waals surface area contributed by atoms with E-state index in [1.807, 2.05) is 70.6 Å². The molecule has 0 bridgehead atoms. The van der Waals surface area contributed by atoms with Gasteiger partial charge in [-0.05, 0) is 18.6 Å². The number of carbonyl (C=O) groups excluding carboxylic acids is 1. The fraction of sp³-hybridized carbons (Fsp3) is 0.950. The smallest absolute Gasteiger partial charge is 0.189 e. The van der Waals surface area contributed by atoms with Gasteiger partial charge in [-0.2, -0.15) is 47.0 Å². The van der Waals surface area contributed by atoms with Gasteiger partial charge in [-0.25, -0.2) is 0 Å². The molecule has 0 amide bonds. The molecule has 0 rings (SSSR count). The van der Waals surface area contributed by atoms with Gasteiger partial charge in [-0.1, -0.05) is 18.7 Å². The molecule has 0 aromatic rings. The molecule has 0 radical (unpaired) electrons. The molecule has 0 aromatic heterocycles. The third-order valence-electron chi connectivity index (χ3n) is 3.61. The first kappa shape index (κ1) is 36.7. The summed E-state index contributed by atoms with van der Waals surface area (Å²) in [6.07, 6.45) is 2.63. The standard InChI is InChI=1S/C20H40O4S10/c1-2-12-33(23)14-11-28-18-31-17-27-9-10-32-20(22)4-7-26-16-30-15-25-6-3-13-34(24)19-29-8-5-21/h21H,2-19H2,1H3. The molecule has 0 spiro atoms. The molecule has 204 valence electrons. The molecule has 2 unspecified atom stereocenters. The van der Waals surface area contributed by atoms with E-state index in [2.05, 4.69) is 6.92 Å². The van der Waals surface area contributed by atoms with Crippen molar-refractivity contribution in [3.05, 3.63) is 0 Å². The van der Waals surface area contributed by atoms with E-state index in [0.717, 1.165) is 79.2 Å². The summed E-state index contributed by atoms with van der Waals surface area (Å²) in [4.78, 5) is 12.0. The summed E-state index contributed by atoms with van der Waals surface area (Å²) >= 11 is 14.3. The van der Waals surface area contributed by atoms with Crippen LogP contribution in [0.3, 0.4) is 0 Å². The highest BCUT2D eigenvalue weighted by molar-refractivity contribution is 8.23. The van der Waals surface area contributed by atoms with Gasteiger partial charge in [-0.3, -0.25) is 13.2 Å². The minimum absolute atomic E-state index is 0.157. The van der Waals surface area contributed by atoms with Crippen LogP contribution in [-0.2, 0) is 26.4 Å². The van der Waals surface area contributed by atoms with Gasteiger partial charge in [0.05, 0.1) is 11.7 Å². The van der Waals surface area contributed by atoms with E-state index in [0.29, 0.717) is 22.4 Å². The molecule has 34 heavy (non-hydrogen) atoms. The molecule has 0 aliphatic carbocycles. The van der Waals surface area contributed by atoms with Crippen molar-refractivity contribution in [2.75, 3.05) is 83.8 Å². The van der Waals surface area contributed by atoms with Gasteiger partial charge in [0.2, 0.25) is 0 Å². The highest BCUT2D eigenvalue weighted by atomic mass is 32.2. The summed E-state index contributed by atoms with van der Waals surface area (Å²) in [5.74, 6) is 7.91. The van der Waals surface area contributed by atoms with Crippen LogP contribution in [0.1, 0.15) is 26.2 Å². The maximum absolute atomic E-state index is 12.0. The van der Waals surface area contributed by atoms with Gasteiger partial charge in [-0.15, -0.1) is 35.3 Å². The van der Waals surface area contributed by atoms with Crippen molar-refractivity contribution < 1.29 is 18.3 Å². The van der Waals surface area contributed by atoms with Gasteiger partial charge < -0.3 is 5.11 Å². The average Bonchev–Trinajstić information content (AvgIpc) is 2.81. The van der Waals surface area contributed by atoms with Crippen LogP contribution in [-0.4, -0.2) is 102 Å². The van der Waals surface area contributed by atoms with Crippen molar-refractivity contribution in [2.24, 2.45) is 0 Å². The molecule has 0 aliphatic heterocycles. The van der Waals surface area contributed by atoms with Gasteiger partial charge in [0.1, 0.15) is 0 Å². The predicted octanol–water partition coefficient (Wildman–Crippen LogP) is 5.85. The zero-order valence-electron chi connectivity index (χ0n) is 20.0. The molecule has 2 atom stereocenters. The van der Waals surface area contributed by atoms with E-state index >= 15 is 0 Å². The summed E-state index contributed by atoms with van der Waals surface area (Å²) in [7, 11) is -1.40. The Kier molecular flexibility index (Phi) is 32.7. The zero-order valence-corrected chi connectivity index (χ0v) is 28.1. The van der Waals surface area contributed by atoms with Gasteiger partial charge in [0.25, 0.3) is 0 Å². The molecule has 0 aliphatic rings. The number of rotatable bonds is 27. The SMILES string of the molecule is CCCS(=O)CCSCSCSCCSC(=O)CCSCSCSCCCS(=O)CSCCO. The molecule has 0 fully saturated rings. The normalized spacial score (nSPS) is 13.2. The predicted molar refractivity (Wildman–Crippen MR) is 177 cm³/mol. The van der Waals surface area contributed by atoms with Crippen molar-refractivity contribution in [3.63, 3.8) is 0 Å². The number of thioether (sulfide) groups is 8. The Bertz CT molecular complexity index is 514. The fourth-order valence-corrected chi connectivity index (χ4v) is 14.0. The topological polar surface area (TPSA) is 71.4 Å². The Hall–Kier alpha value is 2.73. The minimum Gasteiger partial charge on any atom is -0.396 e. The number of hydrogen-bond donors (Lipinski definition) is 1. The third-order valence-corrected chi connectivity index (χ3v) is 16.9. The van der Waals surface area contributed by atoms with E-state index in [9.17, 15) is 13.2 Å². The van der Waals surface area contributed by atoms with E-state index < -0.39 is 21.6 Å². The molecule has 0 aromatic carbocycles. The number of carbonyl (C=O) groups is 1. The lowest BCUT2D eigenvalue weighted by Crippen LogP contribution is -2.03. The van der Waals surface area contributed by atoms with Gasteiger partial charge >= 0.3 is 0 Å². The lowest BCUT2D eigenvalue weighted by molar-refractivity contribution is -0.110. The Balaban J connectivity index is 3.25. The van der Waals surface area contributed by atoms with Crippen LogP contribution in [0.5, 0.6) is 0 Å². The van der Waals surface area contributed by atoms with Crippen molar-refractivity contribution in [2.45, 2.75) is 26.2 Å². The van der Waals surface area contributed by atoms with Crippen LogP contribution in [0.2, 0.25) is 0 Å². The molecular weight excluding hydrogens is 625 g/mol. The first-order valence-corrected chi connectivity index (χ1v) is 23.1. The Morgan fingerprint density at radius 2 is 1.32 bits per heavy atom. The zero-order chi connectivity index (χ0) is 25.1. The molecule has 0 saturated carbocycles. The number of aliphatic hydroxyl groups excluding tert-OH is 1. The molecule has 4 nitrogen and oxygen atoms in total. The maximum Gasteiger partial charge on any atom is 0.189 e. The molecule has 0 heterocycles. The molecule has 14 heteroatoms. The minimum atomic E-state index is -0.764. The molecular formula is C20H40O4S10. The average molecular weight is 665 g/mol. The lowest BCUT2D eigenvalue weighted by atomic mass is 10.5. The Morgan fingerprint density at radius 1 is 0.676 bits per heavy atom. The van der Waals surface area contributed by atoms with Crippen LogP contribution in [0.4, 0.5) is 0 Å². The summed E-state index contributed by atoms with van der Waals surface area (Å²) < 4.78 is 23.3. The van der Waals surface area contributed by atoms with Crippen LogP contribution in [0.15, 0.2) is 0 Å². The summed E-state index contributed by atoms with van der Waals surface area (Å²) in [5.41, 5.74) is 0. The van der Waals surface area contributed by atoms with Crippen LogP contribution in [0, 0.1) is 0 Å². The largest absolute Gasteiger partial charge is 0.396 e. The second-order valence-corrected chi connectivity index (χ2v) is 20.3. The van der Waals surface area contributed by atoms with Gasteiger partial charge in [0.15, 0.2) is 5.12 Å². The van der Waals surface area contributed by atoms with E-state index in [1.165, 1.54) is 11.8 Å². The van der Waals surface area contributed by atoms with Crippen molar-refractivity contribution >= 4 is 121 Å². The third kappa shape index (κ3) is 29.3. The monoisotopic (exact) mass is 664 g/mol. The Morgan fingerprint density at radius 3 is 2.00 bits per heavy atom. The second-order valence-electron chi connectivity index (χ2n) is 6.58. The highest BCUT2D eigenvalue weighted by Crippen LogP contribution is 2.21.